The fraction of sp³-hybridized carbons (Fsp3) is 0.702. The van der Waals surface area contributed by atoms with Crippen LogP contribution in [0.3, 0.4) is 0 Å². The van der Waals surface area contributed by atoms with E-state index in [4.69, 9.17) is 9.47 Å². The number of nitrogens with one attached hydrogen (secondary N) is 1. The van der Waals surface area contributed by atoms with Gasteiger partial charge in [-0.25, -0.2) is 0 Å². The molecule has 6 N–H and O–H groups in total. The molecule has 0 aromatic carbocycles. The molecule has 9 nitrogen and oxygen atoms in total. The molecule has 1 rings (SSSR count). The molecule has 0 aromatic rings. The zero-order chi connectivity index (χ0) is 48.0. The van der Waals surface area contributed by atoms with Crippen molar-refractivity contribution in [1.29, 1.82) is 0 Å². The summed E-state index contributed by atoms with van der Waals surface area (Å²) >= 11 is 0. The van der Waals surface area contributed by atoms with Crippen LogP contribution >= 0.6 is 0 Å². The zero-order valence-electron chi connectivity index (χ0n) is 41.7. The predicted molar refractivity (Wildman–Crippen MR) is 276 cm³/mol. The van der Waals surface area contributed by atoms with Gasteiger partial charge in [0.2, 0.25) is 5.91 Å². The Morgan fingerprint density at radius 3 is 1.44 bits per heavy atom. The van der Waals surface area contributed by atoms with Crippen molar-refractivity contribution in [3.63, 3.8) is 0 Å². The van der Waals surface area contributed by atoms with Crippen LogP contribution < -0.4 is 5.32 Å². The summed E-state index contributed by atoms with van der Waals surface area (Å²) in [6.07, 6.45) is 59.1. The minimum atomic E-state index is -1.59. The maximum Gasteiger partial charge on any atom is 0.220 e. The van der Waals surface area contributed by atoms with Gasteiger partial charge in [0.25, 0.3) is 0 Å². The fourth-order valence-corrected chi connectivity index (χ4v) is 7.72. The maximum absolute atomic E-state index is 13.0. The van der Waals surface area contributed by atoms with Crippen LogP contribution in [0.5, 0.6) is 0 Å². The molecule has 0 bridgehead atoms. The first-order valence-corrected chi connectivity index (χ1v) is 26.5. The number of allylic oxidation sites excluding steroid dienone is 15. The van der Waals surface area contributed by atoms with Crippen molar-refractivity contribution in [2.24, 2.45) is 0 Å². The molecule has 1 heterocycles. The van der Waals surface area contributed by atoms with Crippen LogP contribution in [0.4, 0.5) is 0 Å². The quantitative estimate of drug-likeness (QED) is 0.0262. The molecule has 1 aliphatic heterocycles. The topological polar surface area (TPSA) is 149 Å². The van der Waals surface area contributed by atoms with Gasteiger partial charge in [-0.1, -0.05) is 220 Å². The number of hydrogen-bond acceptors (Lipinski definition) is 8. The van der Waals surface area contributed by atoms with E-state index < -0.39 is 49.5 Å². The minimum absolute atomic E-state index is 0.208. The first-order chi connectivity index (χ1) is 32.3. The molecule has 0 aliphatic carbocycles. The van der Waals surface area contributed by atoms with Gasteiger partial charge in [0.1, 0.15) is 24.4 Å². The van der Waals surface area contributed by atoms with E-state index in [0.717, 1.165) is 57.8 Å². The molecule has 1 fully saturated rings. The summed E-state index contributed by atoms with van der Waals surface area (Å²) in [6, 6.07) is -0.869. The Balaban J connectivity index is 2.36. The lowest BCUT2D eigenvalue weighted by molar-refractivity contribution is -0.302. The number of amides is 1. The summed E-state index contributed by atoms with van der Waals surface area (Å²) in [7, 11) is 0. The Morgan fingerprint density at radius 2 is 0.955 bits per heavy atom. The van der Waals surface area contributed by atoms with Crippen LogP contribution in [0.1, 0.15) is 200 Å². The average Bonchev–Trinajstić information content (AvgIpc) is 3.32. The molecule has 0 radical (unpaired) electrons. The number of hydrogen-bond donors (Lipinski definition) is 6. The Bertz CT molecular complexity index is 1350. The highest BCUT2D eigenvalue weighted by Crippen LogP contribution is 2.22. The number of carbonyl (C=O) groups excluding carboxylic acids is 1. The monoisotopic (exact) mass is 924 g/mol. The van der Waals surface area contributed by atoms with Gasteiger partial charge in [0.15, 0.2) is 6.29 Å². The van der Waals surface area contributed by atoms with Crippen molar-refractivity contribution in [2.45, 2.75) is 243 Å². The molecule has 0 aromatic heterocycles. The average molecular weight is 924 g/mol. The highest BCUT2D eigenvalue weighted by atomic mass is 16.7. The normalized spacial score (nSPS) is 20.6. The van der Waals surface area contributed by atoms with Gasteiger partial charge < -0.3 is 40.3 Å². The van der Waals surface area contributed by atoms with Gasteiger partial charge in [-0.15, -0.1) is 0 Å². The lowest BCUT2D eigenvalue weighted by atomic mass is 9.99. The minimum Gasteiger partial charge on any atom is -0.394 e. The van der Waals surface area contributed by atoms with Gasteiger partial charge in [-0.3, -0.25) is 4.79 Å². The summed E-state index contributed by atoms with van der Waals surface area (Å²) < 4.78 is 11.2. The summed E-state index contributed by atoms with van der Waals surface area (Å²) in [5, 5.41) is 54.3. The summed E-state index contributed by atoms with van der Waals surface area (Å²) in [6.45, 7) is 3.60. The van der Waals surface area contributed by atoms with Crippen molar-refractivity contribution >= 4 is 5.91 Å². The molecule has 9 heteroatoms. The molecular formula is C57H97NO8. The van der Waals surface area contributed by atoms with Crippen LogP contribution in [0.15, 0.2) is 97.2 Å². The number of ether oxygens (including phenoxy) is 2. The third kappa shape index (κ3) is 35.3. The molecule has 66 heavy (non-hydrogen) atoms. The Hall–Kier alpha value is -2.89. The molecule has 7 atom stereocenters. The van der Waals surface area contributed by atoms with Crippen molar-refractivity contribution in [3.8, 4) is 0 Å². The molecule has 378 valence electrons. The Morgan fingerprint density at radius 1 is 0.530 bits per heavy atom. The van der Waals surface area contributed by atoms with E-state index in [2.05, 4.69) is 92.1 Å². The van der Waals surface area contributed by atoms with Crippen molar-refractivity contribution in [3.05, 3.63) is 97.2 Å². The van der Waals surface area contributed by atoms with Gasteiger partial charge in [-0.2, -0.15) is 0 Å². The second-order valence-corrected chi connectivity index (χ2v) is 17.9. The standard InChI is InChI=1S/C57H97NO8/c1-3-5-7-9-11-13-15-17-19-21-23-24-25-26-27-29-30-32-34-36-38-40-42-44-46-51(60)50(49-65-57-56(64)55(63)54(62)52(48-59)66-57)58-53(61)47-45-43-41-39-37-35-33-31-28-22-20-18-16-14-12-10-8-6-4-2/h6,8,12,14,18,20,28,31,35-38,41,43-44,46,50-52,54-57,59-60,62-64H,3-5,7,9-11,13,15-17,19,21-27,29-30,32-34,39-40,42,45,47-49H2,1-2H3,(H,58,61)/b8-6-,14-12-,20-18-,31-28-,37-35-,38-36+,43-41-,46-44+. The molecule has 0 saturated carbocycles. The SMILES string of the molecule is CC/C=C\C/C=C\C/C=C\C/C=C\C/C=C\C/C=C\CCC(=O)NC(COC1OC(CO)C(O)C(O)C1O)C(O)/C=C/CC/C=C/CCCCCCCCCCCCCCCCCCCC. The van der Waals surface area contributed by atoms with E-state index in [1.807, 2.05) is 18.2 Å². The van der Waals surface area contributed by atoms with Crippen LogP contribution in [0, 0.1) is 0 Å². The van der Waals surface area contributed by atoms with Crippen molar-refractivity contribution in [1.82, 2.24) is 5.32 Å². The summed E-state index contributed by atoms with van der Waals surface area (Å²) in [5.74, 6) is -0.271. The fourth-order valence-electron chi connectivity index (χ4n) is 7.72. The number of aliphatic hydroxyl groups excluding tert-OH is 5. The largest absolute Gasteiger partial charge is 0.394 e. The highest BCUT2D eigenvalue weighted by Gasteiger charge is 2.44. The molecular weight excluding hydrogens is 827 g/mol. The Kier molecular flexibility index (Phi) is 42.5. The lowest BCUT2D eigenvalue weighted by Gasteiger charge is -2.40. The van der Waals surface area contributed by atoms with Crippen LogP contribution in [-0.4, -0.2) is 87.5 Å². The molecule has 1 saturated heterocycles. The third-order valence-corrected chi connectivity index (χ3v) is 11.9. The Labute approximate surface area is 403 Å². The summed E-state index contributed by atoms with van der Waals surface area (Å²) in [4.78, 5) is 13.0. The smallest absolute Gasteiger partial charge is 0.220 e. The predicted octanol–water partition coefficient (Wildman–Crippen LogP) is 12.5. The lowest BCUT2D eigenvalue weighted by Crippen LogP contribution is -2.60. The third-order valence-electron chi connectivity index (χ3n) is 11.9. The first-order valence-electron chi connectivity index (χ1n) is 26.5. The van der Waals surface area contributed by atoms with E-state index in [9.17, 15) is 30.3 Å². The van der Waals surface area contributed by atoms with Gasteiger partial charge in [-0.05, 0) is 70.6 Å². The van der Waals surface area contributed by atoms with Crippen LogP contribution in [0.2, 0.25) is 0 Å². The number of unbranched alkanes of at least 4 members (excludes halogenated alkanes) is 19. The van der Waals surface area contributed by atoms with Crippen molar-refractivity contribution in [2.75, 3.05) is 13.2 Å². The highest BCUT2D eigenvalue weighted by molar-refractivity contribution is 5.76. The van der Waals surface area contributed by atoms with Crippen molar-refractivity contribution < 1.29 is 39.8 Å². The summed E-state index contributed by atoms with van der Waals surface area (Å²) in [5.41, 5.74) is 0. The van der Waals surface area contributed by atoms with E-state index in [1.165, 1.54) is 116 Å². The van der Waals surface area contributed by atoms with Crippen LogP contribution in [-0.2, 0) is 14.3 Å². The first kappa shape index (κ1) is 61.1. The van der Waals surface area contributed by atoms with Gasteiger partial charge in [0, 0.05) is 6.42 Å². The van der Waals surface area contributed by atoms with E-state index in [-0.39, 0.29) is 18.9 Å². The van der Waals surface area contributed by atoms with Gasteiger partial charge in [0.05, 0.1) is 25.4 Å². The maximum atomic E-state index is 13.0. The number of rotatable bonds is 43. The zero-order valence-corrected chi connectivity index (χ0v) is 41.7. The molecule has 7 unspecified atom stereocenters. The number of aliphatic hydroxyl groups is 5. The molecule has 0 spiro atoms. The van der Waals surface area contributed by atoms with Crippen LogP contribution in [0.25, 0.3) is 0 Å². The van der Waals surface area contributed by atoms with E-state index in [0.29, 0.717) is 6.42 Å². The second kappa shape index (κ2) is 45.9. The molecule has 1 aliphatic rings. The number of carbonyl (C=O) groups is 1. The van der Waals surface area contributed by atoms with E-state index in [1.54, 1.807) is 6.08 Å². The van der Waals surface area contributed by atoms with Gasteiger partial charge >= 0.3 is 0 Å². The van der Waals surface area contributed by atoms with E-state index >= 15 is 0 Å². The molecule has 1 amide bonds. The second-order valence-electron chi connectivity index (χ2n) is 17.9.